The zero-order valence-corrected chi connectivity index (χ0v) is 11.2. The molecule has 1 aromatic heterocycles. The summed E-state index contributed by atoms with van der Waals surface area (Å²) in [6, 6.07) is 6.72. The number of amides is 1. The van der Waals surface area contributed by atoms with Gasteiger partial charge < -0.3 is 5.32 Å². The quantitative estimate of drug-likeness (QED) is 0.922. The molecular formula is C13H10BrFN2O. The second-order valence-corrected chi connectivity index (χ2v) is 4.74. The van der Waals surface area contributed by atoms with Crippen molar-refractivity contribution in [3.8, 4) is 0 Å². The van der Waals surface area contributed by atoms with E-state index in [9.17, 15) is 9.18 Å². The largest absolute Gasteiger partial charge is 0.319 e. The van der Waals surface area contributed by atoms with E-state index in [0.717, 1.165) is 16.2 Å². The lowest BCUT2D eigenvalue weighted by atomic mass is 10.1. The third-order valence-electron chi connectivity index (χ3n) is 2.32. The maximum Gasteiger partial charge on any atom is 0.255 e. The fourth-order valence-electron chi connectivity index (χ4n) is 1.54. The van der Waals surface area contributed by atoms with E-state index in [1.54, 1.807) is 12.1 Å². The summed E-state index contributed by atoms with van der Waals surface area (Å²) >= 11 is 3.32. The number of nitrogens with one attached hydrogen (secondary N) is 1. The molecule has 0 saturated heterocycles. The van der Waals surface area contributed by atoms with Gasteiger partial charge in [0.05, 0.1) is 11.9 Å². The molecule has 0 aliphatic rings. The number of carbonyl (C=O) groups excluding carboxylic acids is 1. The number of carbonyl (C=O) groups is 1. The lowest BCUT2D eigenvalue weighted by Gasteiger charge is -2.07. The predicted octanol–water partition coefficient (Wildman–Crippen LogP) is 3.54. The van der Waals surface area contributed by atoms with Crippen molar-refractivity contribution in [1.29, 1.82) is 0 Å². The summed E-state index contributed by atoms with van der Waals surface area (Å²) in [5.41, 5.74) is 1.54. The zero-order chi connectivity index (χ0) is 13.1. The third kappa shape index (κ3) is 2.92. The number of nitrogens with zero attached hydrogens (tertiary/aromatic N) is 1. The van der Waals surface area contributed by atoms with Crippen LogP contribution in [0.2, 0.25) is 0 Å². The highest BCUT2D eigenvalue weighted by Gasteiger charge is 2.10. The second-order valence-electron chi connectivity index (χ2n) is 3.83. The van der Waals surface area contributed by atoms with Crippen molar-refractivity contribution < 1.29 is 9.18 Å². The van der Waals surface area contributed by atoms with Crippen LogP contribution < -0.4 is 5.32 Å². The van der Waals surface area contributed by atoms with E-state index in [2.05, 4.69) is 26.2 Å². The zero-order valence-electron chi connectivity index (χ0n) is 9.58. The summed E-state index contributed by atoms with van der Waals surface area (Å²) in [6.45, 7) is 1.88. The van der Waals surface area contributed by atoms with Gasteiger partial charge in [-0.3, -0.25) is 9.78 Å². The van der Waals surface area contributed by atoms with Gasteiger partial charge in [-0.15, -0.1) is 0 Å². The molecule has 0 aliphatic carbocycles. The van der Waals surface area contributed by atoms with Gasteiger partial charge in [-0.05, 0) is 36.8 Å². The number of hydrogen-bond acceptors (Lipinski definition) is 2. The molecule has 1 heterocycles. The Hall–Kier alpha value is -1.75. The van der Waals surface area contributed by atoms with Gasteiger partial charge in [0.15, 0.2) is 5.82 Å². The summed E-state index contributed by atoms with van der Waals surface area (Å²) in [4.78, 5) is 15.6. The van der Waals surface area contributed by atoms with Crippen molar-refractivity contribution in [2.24, 2.45) is 0 Å². The highest BCUT2D eigenvalue weighted by atomic mass is 79.9. The van der Waals surface area contributed by atoms with E-state index in [0.29, 0.717) is 5.56 Å². The van der Waals surface area contributed by atoms with Crippen molar-refractivity contribution in [1.82, 2.24) is 4.98 Å². The van der Waals surface area contributed by atoms with Gasteiger partial charge in [0.1, 0.15) is 0 Å². The average Bonchev–Trinajstić information content (AvgIpc) is 2.31. The Balaban J connectivity index is 2.25. The van der Waals surface area contributed by atoms with Crippen LogP contribution >= 0.6 is 15.9 Å². The molecular weight excluding hydrogens is 299 g/mol. The van der Waals surface area contributed by atoms with Crippen LogP contribution in [-0.4, -0.2) is 10.9 Å². The second kappa shape index (κ2) is 5.27. The van der Waals surface area contributed by atoms with Crippen molar-refractivity contribution >= 4 is 27.5 Å². The van der Waals surface area contributed by atoms with Crippen LogP contribution in [0.3, 0.4) is 0 Å². The molecule has 3 nitrogen and oxygen atoms in total. The molecule has 0 bridgehead atoms. The standard InChI is InChI=1S/C13H10BrFN2O/c1-8-4-9(6-10(14)5-8)13(18)17-12-2-3-16-7-11(12)15/h2-7H,1H3,(H,16,17,18). The van der Waals surface area contributed by atoms with Gasteiger partial charge >= 0.3 is 0 Å². The molecule has 92 valence electrons. The van der Waals surface area contributed by atoms with Crippen LogP contribution in [0.1, 0.15) is 15.9 Å². The average molecular weight is 309 g/mol. The van der Waals surface area contributed by atoms with Gasteiger partial charge in [0.2, 0.25) is 0 Å². The van der Waals surface area contributed by atoms with Gasteiger partial charge in [0.25, 0.3) is 5.91 Å². The number of anilines is 1. The molecule has 0 aliphatic heterocycles. The molecule has 2 aromatic rings. The molecule has 1 amide bonds. The first kappa shape index (κ1) is 12.7. The maximum absolute atomic E-state index is 13.3. The highest BCUT2D eigenvalue weighted by molar-refractivity contribution is 9.10. The number of pyridine rings is 1. The fourth-order valence-corrected chi connectivity index (χ4v) is 2.15. The summed E-state index contributed by atoms with van der Waals surface area (Å²) in [6.07, 6.45) is 2.48. The van der Waals surface area contributed by atoms with Gasteiger partial charge in [-0.2, -0.15) is 0 Å². The van der Waals surface area contributed by atoms with E-state index in [-0.39, 0.29) is 11.6 Å². The van der Waals surface area contributed by atoms with Gasteiger partial charge in [-0.1, -0.05) is 15.9 Å². The number of benzene rings is 1. The summed E-state index contributed by atoms with van der Waals surface area (Å²) in [7, 11) is 0. The van der Waals surface area contributed by atoms with Crippen LogP contribution in [0, 0.1) is 12.7 Å². The van der Waals surface area contributed by atoms with Crippen LogP contribution in [0.4, 0.5) is 10.1 Å². The fraction of sp³-hybridized carbons (Fsp3) is 0.0769. The first-order valence-electron chi connectivity index (χ1n) is 5.24. The first-order valence-corrected chi connectivity index (χ1v) is 6.03. The molecule has 0 saturated carbocycles. The highest BCUT2D eigenvalue weighted by Crippen LogP contribution is 2.17. The minimum atomic E-state index is -0.558. The number of rotatable bonds is 2. The summed E-state index contributed by atoms with van der Waals surface area (Å²) in [5, 5.41) is 2.51. The number of halogens is 2. The molecule has 18 heavy (non-hydrogen) atoms. The van der Waals surface area contributed by atoms with Crippen molar-refractivity contribution in [3.05, 3.63) is 58.1 Å². The molecule has 0 fully saturated rings. The summed E-state index contributed by atoms with van der Waals surface area (Å²) in [5.74, 6) is -0.915. The minimum absolute atomic E-state index is 0.118. The van der Waals surface area contributed by atoms with E-state index >= 15 is 0 Å². The molecule has 2 rings (SSSR count). The molecule has 0 unspecified atom stereocenters. The molecule has 0 radical (unpaired) electrons. The minimum Gasteiger partial charge on any atom is -0.319 e. The van der Waals surface area contributed by atoms with Gasteiger partial charge in [0, 0.05) is 16.2 Å². The SMILES string of the molecule is Cc1cc(Br)cc(C(=O)Nc2ccncc2F)c1. The smallest absolute Gasteiger partial charge is 0.255 e. The van der Waals surface area contributed by atoms with Crippen LogP contribution in [0.25, 0.3) is 0 Å². The van der Waals surface area contributed by atoms with Crippen molar-refractivity contribution in [3.63, 3.8) is 0 Å². The molecule has 0 spiro atoms. The Morgan fingerprint density at radius 2 is 2.17 bits per heavy atom. The van der Waals surface area contributed by atoms with Crippen molar-refractivity contribution in [2.75, 3.05) is 5.32 Å². The van der Waals surface area contributed by atoms with Crippen LogP contribution in [0.5, 0.6) is 0 Å². The van der Waals surface area contributed by atoms with Crippen LogP contribution in [-0.2, 0) is 0 Å². The molecule has 5 heteroatoms. The van der Waals surface area contributed by atoms with E-state index in [1.807, 2.05) is 13.0 Å². The Bertz CT molecular complexity index is 581. The number of aromatic nitrogens is 1. The Kier molecular flexibility index (Phi) is 3.72. The topological polar surface area (TPSA) is 42.0 Å². The van der Waals surface area contributed by atoms with E-state index < -0.39 is 5.82 Å². The number of hydrogen-bond donors (Lipinski definition) is 1. The van der Waals surface area contributed by atoms with Crippen LogP contribution in [0.15, 0.2) is 41.1 Å². The first-order chi connectivity index (χ1) is 8.56. The number of aryl methyl sites for hydroxylation is 1. The summed E-state index contributed by atoms with van der Waals surface area (Å²) < 4.78 is 14.1. The van der Waals surface area contributed by atoms with E-state index in [4.69, 9.17) is 0 Å². The van der Waals surface area contributed by atoms with Crippen molar-refractivity contribution in [2.45, 2.75) is 6.92 Å². The Morgan fingerprint density at radius 1 is 1.39 bits per heavy atom. The normalized spacial score (nSPS) is 10.2. The lowest BCUT2D eigenvalue weighted by molar-refractivity contribution is 0.102. The molecule has 1 N–H and O–H groups in total. The predicted molar refractivity (Wildman–Crippen MR) is 71.0 cm³/mol. The molecule has 0 atom stereocenters. The van der Waals surface area contributed by atoms with E-state index in [1.165, 1.54) is 12.3 Å². The Morgan fingerprint density at radius 3 is 2.83 bits per heavy atom. The van der Waals surface area contributed by atoms with Gasteiger partial charge in [-0.25, -0.2) is 4.39 Å². The third-order valence-corrected chi connectivity index (χ3v) is 2.78. The molecule has 1 aromatic carbocycles. The maximum atomic E-state index is 13.3. The monoisotopic (exact) mass is 308 g/mol. The Labute approximate surface area is 112 Å². The lowest BCUT2D eigenvalue weighted by Crippen LogP contribution is -2.13.